The Balaban J connectivity index is 1.45. The van der Waals surface area contributed by atoms with Crippen LogP contribution in [0.25, 0.3) is 10.9 Å². The minimum Gasteiger partial charge on any atom is -0.455 e. The lowest BCUT2D eigenvalue weighted by Crippen LogP contribution is -2.39. The van der Waals surface area contributed by atoms with E-state index in [2.05, 4.69) is 40.2 Å². The minimum atomic E-state index is -0.330. The van der Waals surface area contributed by atoms with E-state index < -0.39 is 0 Å². The van der Waals surface area contributed by atoms with Crippen LogP contribution >= 0.6 is 23.2 Å². The Labute approximate surface area is 194 Å². The Morgan fingerprint density at radius 1 is 1.19 bits per heavy atom. The molecule has 0 saturated carbocycles. The molecule has 3 heterocycles. The lowest BCUT2D eigenvalue weighted by Gasteiger charge is -2.29. The molecule has 0 atom stereocenters. The van der Waals surface area contributed by atoms with Gasteiger partial charge in [0, 0.05) is 29.0 Å². The van der Waals surface area contributed by atoms with Crippen LogP contribution in [0.1, 0.15) is 35.7 Å². The summed E-state index contributed by atoms with van der Waals surface area (Å²) in [5.41, 5.74) is 3.79. The number of nitrogens with zero attached hydrogens (tertiary/aromatic N) is 3. The summed E-state index contributed by atoms with van der Waals surface area (Å²) in [5, 5.41) is 5.04. The number of para-hydroxylation sites is 1. The third kappa shape index (κ3) is 3.53. The first-order chi connectivity index (χ1) is 15.4. The van der Waals surface area contributed by atoms with Crippen LogP contribution in [0.3, 0.4) is 0 Å². The average Bonchev–Trinajstić information content (AvgIpc) is 3.23. The summed E-state index contributed by atoms with van der Waals surface area (Å²) in [5.74, 6) is 0.554. The van der Waals surface area contributed by atoms with Gasteiger partial charge in [-0.2, -0.15) is 4.98 Å². The van der Waals surface area contributed by atoms with E-state index in [0.29, 0.717) is 27.6 Å². The fourth-order valence-corrected chi connectivity index (χ4v) is 4.38. The molecule has 0 saturated heterocycles. The third-order valence-corrected chi connectivity index (χ3v) is 5.95. The van der Waals surface area contributed by atoms with Crippen LogP contribution in [0, 0.1) is 0 Å². The standard InChI is InChI=1S/C23H19Cl2N5O2/c1-12(2)15-9-14(8-13-6-7-26-19(13)15)28-23-27-10-16-21(29-23)32-11-30(22(16)31)20-17(24)4-3-5-18(20)25/h3-10,12,26H,11H2,1-2H3,(H,27,28,29). The maximum Gasteiger partial charge on any atom is 0.268 e. The van der Waals surface area contributed by atoms with Gasteiger partial charge >= 0.3 is 0 Å². The van der Waals surface area contributed by atoms with E-state index in [-0.39, 0.29) is 24.1 Å². The van der Waals surface area contributed by atoms with Gasteiger partial charge < -0.3 is 15.0 Å². The van der Waals surface area contributed by atoms with Crippen molar-refractivity contribution in [3.05, 3.63) is 70.0 Å². The van der Waals surface area contributed by atoms with E-state index in [0.717, 1.165) is 16.6 Å². The van der Waals surface area contributed by atoms with Crippen molar-refractivity contribution in [2.75, 3.05) is 16.9 Å². The zero-order valence-electron chi connectivity index (χ0n) is 17.3. The van der Waals surface area contributed by atoms with Gasteiger partial charge in [-0.05, 0) is 41.8 Å². The number of carbonyl (C=O) groups is 1. The van der Waals surface area contributed by atoms with Crippen molar-refractivity contribution in [3.63, 3.8) is 0 Å². The molecule has 5 rings (SSSR count). The number of benzene rings is 2. The van der Waals surface area contributed by atoms with Crippen LogP contribution in [0.2, 0.25) is 10.0 Å². The predicted molar refractivity (Wildman–Crippen MR) is 126 cm³/mol. The van der Waals surface area contributed by atoms with Crippen molar-refractivity contribution in [1.29, 1.82) is 0 Å². The lowest BCUT2D eigenvalue weighted by atomic mass is 10.00. The highest BCUT2D eigenvalue weighted by Gasteiger charge is 2.31. The molecule has 2 aromatic heterocycles. The summed E-state index contributed by atoms with van der Waals surface area (Å²) >= 11 is 12.5. The number of carbonyl (C=O) groups excluding carboxylic acids is 1. The fraction of sp³-hybridized carbons (Fsp3) is 0.174. The number of anilines is 3. The van der Waals surface area contributed by atoms with E-state index >= 15 is 0 Å². The molecule has 0 spiro atoms. The molecule has 0 aliphatic carbocycles. The van der Waals surface area contributed by atoms with E-state index in [9.17, 15) is 4.79 Å². The molecule has 4 aromatic rings. The number of amides is 1. The molecule has 32 heavy (non-hydrogen) atoms. The number of aromatic amines is 1. The first-order valence-electron chi connectivity index (χ1n) is 10.1. The number of aromatic nitrogens is 3. The molecular formula is C23H19Cl2N5O2. The highest BCUT2D eigenvalue weighted by molar-refractivity contribution is 6.40. The fourth-order valence-electron chi connectivity index (χ4n) is 3.78. The Kier molecular flexibility index (Phi) is 5.15. The second-order valence-electron chi connectivity index (χ2n) is 7.78. The second kappa shape index (κ2) is 8.00. The molecule has 0 bridgehead atoms. The molecule has 1 amide bonds. The zero-order valence-corrected chi connectivity index (χ0v) is 18.8. The number of ether oxygens (including phenoxy) is 1. The Hall–Kier alpha value is -3.29. The van der Waals surface area contributed by atoms with Crippen LogP contribution in [0.4, 0.5) is 17.3 Å². The zero-order chi connectivity index (χ0) is 22.4. The van der Waals surface area contributed by atoms with Gasteiger partial charge in [0.15, 0.2) is 6.73 Å². The van der Waals surface area contributed by atoms with E-state index in [1.165, 1.54) is 16.7 Å². The van der Waals surface area contributed by atoms with E-state index in [1.807, 2.05) is 18.3 Å². The number of hydrogen-bond donors (Lipinski definition) is 2. The van der Waals surface area contributed by atoms with E-state index in [1.54, 1.807) is 18.2 Å². The average molecular weight is 468 g/mol. The summed E-state index contributed by atoms with van der Waals surface area (Å²) in [6.45, 7) is 4.23. The summed E-state index contributed by atoms with van der Waals surface area (Å²) in [6, 6.07) is 11.2. The van der Waals surface area contributed by atoms with Gasteiger partial charge in [-0.25, -0.2) is 4.98 Å². The lowest BCUT2D eigenvalue weighted by molar-refractivity contribution is 0.0932. The van der Waals surface area contributed by atoms with Crippen molar-refractivity contribution in [2.45, 2.75) is 19.8 Å². The van der Waals surface area contributed by atoms with Gasteiger partial charge in [0.2, 0.25) is 11.8 Å². The molecule has 9 heteroatoms. The number of halogens is 2. The first-order valence-corrected chi connectivity index (χ1v) is 10.8. The van der Waals surface area contributed by atoms with Gasteiger partial charge in [-0.3, -0.25) is 9.69 Å². The topological polar surface area (TPSA) is 83.1 Å². The Morgan fingerprint density at radius 3 is 2.72 bits per heavy atom. The number of fused-ring (bicyclic) bond motifs is 2. The molecule has 7 nitrogen and oxygen atoms in total. The van der Waals surface area contributed by atoms with Crippen LogP contribution in [0.15, 0.2) is 48.8 Å². The van der Waals surface area contributed by atoms with Gasteiger partial charge in [0.05, 0.1) is 15.7 Å². The number of rotatable bonds is 4. The van der Waals surface area contributed by atoms with Gasteiger partial charge in [0.1, 0.15) is 5.56 Å². The number of hydrogen-bond acceptors (Lipinski definition) is 5. The van der Waals surface area contributed by atoms with Crippen LogP contribution in [0.5, 0.6) is 5.88 Å². The van der Waals surface area contributed by atoms with Gasteiger partial charge in [0.25, 0.3) is 5.91 Å². The van der Waals surface area contributed by atoms with Crippen molar-refractivity contribution >= 4 is 57.3 Å². The van der Waals surface area contributed by atoms with E-state index in [4.69, 9.17) is 27.9 Å². The highest BCUT2D eigenvalue weighted by atomic mass is 35.5. The number of nitrogens with one attached hydrogen (secondary N) is 2. The molecule has 0 unspecified atom stereocenters. The molecule has 2 aromatic carbocycles. The summed E-state index contributed by atoms with van der Waals surface area (Å²) in [6.07, 6.45) is 3.37. The maximum absolute atomic E-state index is 13.1. The van der Waals surface area contributed by atoms with Crippen molar-refractivity contribution in [3.8, 4) is 5.88 Å². The Morgan fingerprint density at radius 2 is 1.97 bits per heavy atom. The normalized spacial score (nSPS) is 13.4. The first kappa shape index (κ1) is 20.6. The molecule has 1 aliphatic rings. The van der Waals surface area contributed by atoms with Gasteiger partial charge in [-0.15, -0.1) is 0 Å². The second-order valence-corrected chi connectivity index (χ2v) is 8.59. The third-order valence-electron chi connectivity index (χ3n) is 5.34. The monoisotopic (exact) mass is 467 g/mol. The highest BCUT2D eigenvalue weighted by Crippen LogP contribution is 2.37. The summed E-state index contributed by atoms with van der Waals surface area (Å²) in [7, 11) is 0. The molecule has 0 fully saturated rings. The smallest absolute Gasteiger partial charge is 0.268 e. The quantitative estimate of drug-likeness (QED) is 0.377. The van der Waals surface area contributed by atoms with Crippen molar-refractivity contribution in [1.82, 2.24) is 15.0 Å². The predicted octanol–water partition coefficient (Wildman–Crippen LogP) is 6.13. The maximum atomic E-state index is 13.1. The Bertz CT molecular complexity index is 1330. The minimum absolute atomic E-state index is 0.0570. The van der Waals surface area contributed by atoms with Gasteiger partial charge in [-0.1, -0.05) is 43.1 Å². The molecule has 162 valence electrons. The van der Waals surface area contributed by atoms with Crippen LogP contribution < -0.4 is 15.0 Å². The molecule has 1 aliphatic heterocycles. The van der Waals surface area contributed by atoms with Crippen LogP contribution in [-0.2, 0) is 0 Å². The van der Waals surface area contributed by atoms with Crippen molar-refractivity contribution < 1.29 is 9.53 Å². The molecular weight excluding hydrogens is 449 g/mol. The number of H-pyrrole nitrogens is 1. The summed E-state index contributed by atoms with van der Waals surface area (Å²) in [4.78, 5) is 26.5. The SMILES string of the molecule is CC(C)c1cc(Nc2ncc3c(n2)OCN(c2c(Cl)cccc2Cl)C3=O)cc2cc[nH]c12. The van der Waals surface area contributed by atoms with Crippen LogP contribution in [-0.4, -0.2) is 27.6 Å². The molecule has 2 N–H and O–H groups in total. The largest absolute Gasteiger partial charge is 0.455 e. The summed E-state index contributed by atoms with van der Waals surface area (Å²) < 4.78 is 5.76. The molecule has 0 radical (unpaired) electrons. The van der Waals surface area contributed by atoms with Crippen molar-refractivity contribution in [2.24, 2.45) is 0 Å².